The first-order valence-corrected chi connectivity index (χ1v) is 8.39. The van der Waals surface area contributed by atoms with Crippen LogP contribution in [0.4, 0.5) is 10.2 Å². The Bertz CT molecular complexity index is 1030. The predicted molar refractivity (Wildman–Crippen MR) is 97.3 cm³/mol. The highest BCUT2D eigenvalue weighted by molar-refractivity contribution is 6.08. The van der Waals surface area contributed by atoms with Crippen LogP contribution in [-0.4, -0.2) is 29.0 Å². The number of nitrogens with one attached hydrogen (secondary N) is 2. The molecule has 1 aliphatic heterocycles. The highest BCUT2D eigenvalue weighted by atomic mass is 19.1. The lowest BCUT2D eigenvalue weighted by molar-refractivity contribution is -0.116. The van der Waals surface area contributed by atoms with E-state index < -0.39 is 11.7 Å². The molecule has 3 aromatic rings. The average molecular weight is 365 g/mol. The van der Waals surface area contributed by atoms with Crippen molar-refractivity contribution in [3.05, 3.63) is 65.5 Å². The molecule has 1 aliphatic rings. The fourth-order valence-corrected chi connectivity index (χ4v) is 3.32. The molecule has 7 heteroatoms. The molecule has 0 unspecified atom stereocenters. The van der Waals surface area contributed by atoms with E-state index in [4.69, 9.17) is 4.74 Å². The van der Waals surface area contributed by atoms with Crippen LogP contribution in [0.25, 0.3) is 11.3 Å². The molecular formula is C20H16FN3O3. The lowest BCUT2D eigenvalue weighted by Gasteiger charge is -2.22. The zero-order chi connectivity index (χ0) is 19.0. The van der Waals surface area contributed by atoms with Gasteiger partial charge in [-0.05, 0) is 23.8 Å². The Morgan fingerprint density at radius 1 is 1.22 bits per heavy atom. The molecule has 6 nitrogen and oxygen atoms in total. The van der Waals surface area contributed by atoms with Gasteiger partial charge < -0.3 is 10.1 Å². The number of ether oxygens (including phenoxy) is 1. The first-order valence-electron chi connectivity index (χ1n) is 8.39. The van der Waals surface area contributed by atoms with Crippen LogP contribution in [0.3, 0.4) is 0 Å². The summed E-state index contributed by atoms with van der Waals surface area (Å²) in [6, 6.07) is 13.4. The van der Waals surface area contributed by atoms with Crippen LogP contribution in [0, 0.1) is 5.82 Å². The van der Waals surface area contributed by atoms with Crippen LogP contribution in [0.2, 0.25) is 0 Å². The van der Waals surface area contributed by atoms with E-state index in [-0.39, 0.29) is 29.4 Å². The normalized spacial score (nSPS) is 15.8. The number of aromatic amines is 1. The van der Waals surface area contributed by atoms with Gasteiger partial charge in [0, 0.05) is 17.5 Å². The molecule has 0 radical (unpaired) electrons. The van der Waals surface area contributed by atoms with E-state index in [9.17, 15) is 14.0 Å². The maximum absolute atomic E-state index is 13.7. The molecule has 1 aromatic heterocycles. The van der Waals surface area contributed by atoms with E-state index in [0.29, 0.717) is 17.1 Å². The number of amides is 1. The molecule has 27 heavy (non-hydrogen) atoms. The molecule has 0 bridgehead atoms. The monoisotopic (exact) mass is 365 g/mol. The summed E-state index contributed by atoms with van der Waals surface area (Å²) in [6.45, 7) is 0. The second kappa shape index (κ2) is 6.68. The lowest BCUT2D eigenvalue weighted by Crippen LogP contribution is -2.27. The first kappa shape index (κ1) is 17.0. The van der Waals surface area contributed by atoms with Crippen molar-refractivity contribution in [3.63, 3.8) is 0 Å². The molecule has 2 aromatic carbocycles. The molecule has 2 heterocycles. The number of aromatic nitrogens is 2. The Kier molecular flexibility index (Phi) is 4.19. The summed E-state index contributed by atoms with van der Waals surface area (Å²) in [7, 11) is 1.34. The average Bonchev–Trinajstić information content (AvgIpc) is 3.11. The highest BCUT2D eigenvalue weighted by Crippen LogP contribution is 2.40. The van der Waals surface area contributed by atoms with Gasteiger partial charge in [0.15, 0.2) is 23.2 Å². The number of ketones is 1. The molecule has 0 saturated carbocycles. The maximum atomic E-state index is 13.7. The van der Waals surface area contributed by atoms with Gasteiger partial charge in [-0.3, -0.25) is 14.7 Å². The number of hydrogen-bond donors (Lipinski definition) is 2. The van der Waals surface area contributed by atoms with Gasteiger partial charge in [-0.2, -0.15) is 5.10 Å². The van der Waals surface area contributed by atoms with Crippen molar-refractivity contribution in [2.24, 2.45) is 0 Å². The summed E-state index contributed by atoms with van der Waals surface area (Å²) in [6.07, 6.45) is -0.00904. The summed E-state index contributed by atoms with van der Waals surface area (Å²) >= 11 is 0. The molecular weight excluding hydrogens is 349 g/mol. The summed E-state index contributed by atoms with van der Waals surface area (Å²) < 4.78 is 18.7. The second-order valence-corrected chi connectivity index (χ2v) is 6.25. The summed E-state index contributed by atoms with van der Waals surface area (Å²) in [5, 5.41) is 9.78. The molecule has 0 fully saturated rings. The van der Waals surface area contributed by atoms with Crippen molar-refractivity contribution in [1.29, 1.82) is 0 Å². The number of benzene rings is 2. The minimum absolute atomic E-state index is 0.00904. The number of methoxy groups -OCH3 is 1. The number of fused-ring (bicyclic) bond motifs is 1. The quantitative estimate of drug-likeness (QED) is 0.693. The Labute approximate surface area is 154 Å². The summed E-state index contributed by atoms with van der Waals surface area (Å²) in [4.78, 5) is 25.3. The van der Waals surface area contributed by atoms with Crippen LogP contribution in [0.15, 0.2) is 48.5 Å². The maximum Gasteiger partial charge on any atom is 0.226 e. The SMILES string of the molecule is COc1cc(C(=O)[C@H]2CC(=O)Nc3n[nH]c(-c4ccccc4)c32)ccc1F. The third-order valence-electron chi connectivity index (χ3n) is 4.61. The summed E-state index contributed by atoms with van der Waals surface area (Å²) in [5.74, 6) is -1.53. The third-order valence-corrected chi connectivity index (χ3v) is 4.61. The minimum atomic E-state index is -0.724. The van der Waals surface area contributed by atoms with Gasteiger partial charge in [0.1, 0.15) is 0 Å². The molecule has 4 rings (SSSR count). The number of hydrogen-bond acceptors (Lipinski definition) is 4. The fourth-order valence-electron chi connectivity index (χ4n) is 3.32. The molecule has 0 aliphatic carbocycles. The second-order valence-electron chi connectivity index (χ2n) is 6.25. The zero-order valence-electron chi connectivity index (χ0n) is 14.5. The van der Waals surface area contributed by atoms with Crippen molar-refractivity contribution >= 4 is 17.5 Å². The number of nitrogens with zero attached hydrogens (tertiary/aromatic N) is 1. The number of halogens is 1. The smallest absolute Gasteiger partial charge is 0.226 e. The Morgan fingerprint density at radius 3 is 2.74 bits per heavy atom. The molecule has 2 N–H and O–H groups in total. The van der Waals surface area contributed by atoms with Crippen molar-refractivity contribution in [2.75, 3.05) is 12.4 Å². The Hall–Kier alpha value is -3.48. The Morgan fingerprint density at radius 2 is 2.00 bits per heavy atom. The molecule has 1 amide bonds. The van der Waals surface area contributed by atoms with Crippen LogP contribution >= 0.6 is 0 Å². The van der Waals surface area contributed by atoms with E-state index >= 15 is 0 Å². The number of H-pyrrole nitrogens is 1. The molecule has 0 saturated heterocycles. The topological polar surface area (TPSA) is 84.1 Å². The van der Waals surface area contributed by atoms with Gasteiger partial charge in [-0.1, -0.05) is 30.3 Å². The van der Waals surface area contributed by atoms with Gasteiger partial charge in [-0.25, -0.2) is 4.39 Å². The van der Waals surface area contributed by atoms with E-state index in [2.05, 4.69) is 15.5 Å². The van der Waals surface area contributed by atoms with Gasteiger partial charge in [0.2, 0.25) is 5.91 Å². The number of carbonyl (C=O) groups is 2. The van der Waals surface area contributed by atoms with E-state index in [1.165, 1.54) is 25.3 Å². The van der Waals surface area contributed by atoms with Gasteiger partial charge in [-0.15, -0.1) is 0 Å². The van der Waals surface area contributed by atoms with Gasteiger partial charge >= 0.3 is 0 Å². The lowest BCUT2D eigenvalue weighted by atomic mass is 9.84. The van der Waals surface area contributed by atoms with E-state index in [0.717, 1.165) is 5.56 Å². The minimum Gasteiger partial charge on any atom is -0.494 e. The standard InChI is InChI=1S/C20H16FN3O3/c1-27-15-9-12(7-8-14(15)21)19(26)13-10-16(25)22-20-17(13)18(23-24-20)11-5-3-2-4-6-11/h2-9,13H,10H2,1H3,(H2,22,23,24,25)/t13-/m0/s1. The number of Topliss-reactive ketones (excluding diaryl/α,β-unsaturated/α-hetero) is 1. The Balaban J connectivity index is 1.80. The van der Waals surface area contributed by atoms with Crippen molar-refractivity contribution < 1.29 is 18.7 Å². The van der Waals surface area contributed by atoms with Crippen LogP contribution in [-0.2, 0) is 4.79 Å². The van der Waals surface area contributed by atoms with Crippen LogP contribution in [0.1, 0.15) is 28.3 Å². The van der Waals surface area contributed by atoms with Crippen molar-refractivity contribution in [1.82, 2.24) is 10.2 Å². The van der Waals surface area contributed by atoms with Crippen molar-refractivity contribution in [2.45, 2.75) is 12.3 Å². The van der Waals surface area contributed by atoms with Crippen molar-refractivity contribution in [3.8, 4) is 17.0 Å². The summed E-state index contributed by atoms with van der Waals surface area (Å²) in [5.41, 5.74) is 2.45. The number of anilines is 1. The van der Waals surface area contributed by atoms with Gasteiger partial charge in [0.05, 0.1) is 18.7 Å². The molecule has 136 valence electrons. The first-order chi connectivity index (χ1) is 13.1. The number of carbonyl (C=O) groups excluding carboxylic acids is 2. The van der Waals surface area contributed by atoms with E-state index in [1.54, 1.807) is 0 Å². The highest BCUT2D eigenvalue weighted by Gasteiger charge is 2.36. The predicted octanol–water partition coefficient (Wildman–Crippen LogP) is 3.53. The third kappa shape index (κ3) is 2.97. The molecule has 1 atom stereocenters. The van der Waals surface area contributed by atoms with Crippen LogP contribution < -0.4 is 10.1 Å². The fraction of sp³-hybridized carbons (Fsp3) is 0.150. The van der Waals surface area contributed by atoms with Crippen LogP contribution in [0.5, 0.6) is 5.75 Å². The number of rotatable bonds is 4. The van der Waals surface area contributed by atoms with E-state index in [1.807, 2.05) is 30.3 Å². The van der Waals surface area contributed by atoms with Gasteiger partial charge in [0.25, 0.3) is 0 Å². The molecule has 0 spiro atoms. The largest absolute Gasteiger partial charge is 0.494 e. The zero-order valence-corrected chi connectivity index (χ0v) is 14.5.